The van der Waals surface area contributed by atoms with Crippen LogP contribution < -0.4 is 10.1 Å². The van der Waals surface area contributed by atoms with Crippen molar-refractivity contribution >= 4 is 33.3 Å². The molecule has 0 bridgehead atoms. The van der Waals surface area contributed by atoms with E-state index in [1.807, 2.05) is 30.3 Å². The van der Waals surface area contributed by atoms with Crippen molar-refractivity contribution in [2.75, 3.05) is 11.9 Å². The van der Waals surface area contributed by atoms with E-state index in [0.717, 1.165) is 4.47 Å². The number of hydrogen-bond donors (Lipinski definition) is 1. The van der Waals surface area contributed by atoms with E-state index in [4.69, 9.17) is 4.74 Å². The summed E-state index contributed by atoms with van der Waals surface area (Å²) in [6, 6.07) is 23.0. The van der Waals surface area contributed by atoms with E-state index in [1.165, 1.54) is 0 Å². The number of benzene rings is 3. The summed E-state index contributed by atoms with van der Waals surface area (Å²) in [6.07, 6.45) is 0. The van der Waals surface area contributed by atoms with Crippen LogP contribution in [0.1, 0.15) is 20.7 Å². The van der Waals surface area contributed by atoms with Gasteiger partial charge in [-0.15, -0.1) is 0 Å². The molecule has 0 unspecified atom stereocenters. The summed E-state index contributed by atoms with van der Waals surface area (Å²) in [5.74, 6) is 0.289. The summed E-state index contributed by atoms with van der Waals surface area (Å²) in [4.78, 5) is 24.2. The van der Waals surface area contributed by atoms with E-state index < -0.39 is 0 Å². The van der Waals surface area contributed by atoms with E-state index in [1.54, 1.807) is 48.5 Å². The van der Waals surface area contributed by atoms with Gasteiger partial charge in [0.1, 0.15) is 5.75 Å². The van der Waals surface area contributed by atoms with Crippen molar-refractivity contribution in [3.63, 3.8) is 0 Å². The number of halogens is 1. The number of carbonyl (C=O) groups excluding carboxylic acids is 2. The average molecular weight is 410 g/mol. The van der Waals surface area contributed by atoms with Gasteiger partial charge in [-0.2, -0.15) is 0 Å². The Morgan fingerprint density at radius 3 is 2.12 bits per heavy atom. The van der Waals surface area contributed by atoms with Crippen molar-refractivity contribution < 1.29 is 14.3 Å². The molecule has 0 atom stereocenters. The van der Waals surface area contributed by atoms with Crippen LogP contribution in [0.3, 0.4) is 0 Å². The van der Waals surface area contributed by atoms with E-state index in [9.17, 15) is 9.59 Å². The van der Waals surface area contributed by atoms with Crippen LogP contribution in [-0.4, -0.2) is 18.3 Å². The van der Waals surface area contributed by atoms with Crippen LogP contribution in [0.15, 0.2) is 83.3 Å². The minimum atomic E-state index is -0.176. The van der Waals surface area contributed by atoms with E-state index in [2.05, 4.69) is 21.2 Å². The Hall–Kier alpha value is -2.92. The van der Waals surface area contributed by atoms with Crippen molar-refractivity contribution in [3.05, 3.63) is 94.5 Å². The monoisotopic (exact) mass is 409 g/mol. The highest BCUT2D eigenvalue weighted by Crippen LogP contribution is 2.17. The second-order valence-electron chi connectivity index (χ2n) is 5.56. The first kappa shape index (κ1) is 17.9. The zero-order valence-corrected chi connectivity index (χ0v) is 15.4. The molecule has 0 saturated heterocycles. The summed E-state index contributed by atoms with van der Waals surface area (Å²) in [6.45, 7) is -0.0443. The third-order valence-electron chi connectivity index (χ3n) is 3.68. The normalized spacial score (nSPS) is 10.2. The van der Waals surface area contributed by atoms with Crippen LogP contribution in [0.5, 0.6) is 5.75 Å². The van der Waals surface area contributed by atoms with Gasteiger partial charge in [0.2, 0.25) is 0 Å². The summed E-state index contributed by atoms with van der Waals surface area (Å²) in [5, 5.41) is 2.82. The zero-order valence-electron chi connectivity index (χ0n) is 13.8. The lowest BCUT2D eigenvalue weighted by molar-refractivity contribution is 0.0921. The van der Waals surface area contributed by atoms with Crippen molar-refractivity contribution in [2.24, 2.45) is 0 Å². The van der Waals surface area contributed by atoms with Gasteiger partial charge < -0.3 is 10.1 Å². The van der Waals surface area contributed by atoms with Crippen LogP contribution in [0.4, 0.5) is 5.69 Å². The van der Waals surface area contributed by atoms with Crippen molar-refractivity contribution in [2.45, 2.75) is 0 Å². The summed E-state index contributed by atoms with van der Waals surface area (Å²) >= 11 is 3.34. The Kier molecular flexibility index (Phi) is 5.81. The number of hydrogen-bond acceptors (Lipinski definition) is 3. The molecule has 26 heavy (non-hydrogen) atoms. The second kappa shape index (κ2) is 8.45. The lowest BCUT2D eigenvalue weighted by Gasteiger charge is -2.08. The maximum atomic E-state index is 12.1. The predicted octanol–water partition coefficient (Wildman–Crippen LogP) is 4.96. The van der Waals surface area contributed by atoms with Crippen LogP contribution in [0.25, 0.3) is 0 Å². The van der Waals surface area contributed by atoms with Gasteiger partial charge in [-0.1, -0.05) is 46.3 Å². The first-order valence-electron chi connectivity index (χ1n) is 8.00. The number of Topliss-reactive ketones (excluding diaryl/α,β-unsaturated/α-hetero) is 1. The van der Waals surface area contributed by atoms with Gasteiger partial charge in [-0.3, -0.25) is 9.59 Å². The van der Waals surface area contributed by atoms with E-state index in [0.29, 0.717) is 22.6 Å². The van der Waals surface area contributed by atoms with Gasteiger partial charge >= 0.3 is 0 Å². The fraction of sp³-hybridized carbons (Fsp3) is 0.0476. The third kappa shape index (κ3) is 4.80. The molecular formula is C21H16BrNO3. The molecule has 0 radical (unpaired) electrons. The number of amides is 1. The molecule has 3 rings (SSSR count). The zero-order chi connectivity index (χ0) is 18.4. The highest BCUT2D eigenvalue weighted by Gasteiger charge is 2.08. The first-order valence-corrected chi connectivity index (χ1v) is 8.79. The van der Waals surface area contributed by atoms with E-state index >= 15 is 0 Å². The third-order valence-corrected chi connectivity index (χ3v) is 4.21. The topological polar surface area (TPSA) is 55.4 Å². The number of nitrogens with one attached hydrogen (secondary N) is 1. The standard InChI is InChI=1S/C21H16BrNO3/c22-17-8-6-15(7-9-17)20(24)14-26-19-12-10-18(11-13-19)23-21(25)16-4-2-1-3-5-16/h1-13H,14H2,(H,23,25). The predicted molar refractivity (Wildman–Crippen MR) is 105 cm³/mol. The molecule has 0 aromatic heterocycles. The summed E-state index contributed by atoms with van der Waals surface area (Å²) in [5.41, 5.74) is 1.85. The maximum Gasteiger partial charge on any atom is 0.255 e. The van der Waals surface area contributed by atoms with Gasteiger partial charge in [0.25, 0.3) is 5.91 Å². The van der Waals surface area contributed by atoms with Crippen molar-refractivity contribution in [1.29, 1.82) is 0 Å². The van der Waals surface area contributed by atoms with Gasteiger partial charge in [0.05, 0.1) is 0 Å². The van der Waals surface area contributed by atoms with Gasteiger partial charge in [-0.05, 0) is 48.5 Å². The Balaban J connectivity index is 1.55. The molecule has 0 saturated carbocycles. The number of ketones is 1. The smallest absolute Gasteiger partial charge is 0.255 e. The van der Waals surface area contributed by atoms with Crippen molar-refractivity contribution in [1.82, 2.24) is 0 Å². The van der Waals surface area contributed by atoms with Crippen LogP contribution >= 0.6 is 15.9 Å². The molecule has 0 spiro atoms. The molecule has 4 nitrogen and oxygen atoms in total. The molecule has 3 aromatic carbocycles. The Morgan fingerprint density at radius 2 is 1.46 bits per heavy atom. The lowest BCUT2D eigenvalue weighted by Crippen LogP contribution is -2.12. The van der Waals surface area contributed by atoms with Crippen LogP contribution in [0, 0.1) is 0 Å². The van der Waals surface area contributed by atoms with Crippen LogP contribution in [-0.2, 0) is 0 Å². The molecule has 0 aliphatic carbocycles. The maximum absolute atomic E-state index is 12.1. The van der Waals surface area contributed by atoms with Gasteiger partial charge in [-0.25, -0.2) is 0 Å². The molecule has 0 aliphatic heterocycles. The lowest BCUT2D eigenvalue weighted by atomic mass is 10.1. The number of anilines is 1. The Morgan fingerprint density at radius 1 is 0.808 bits per heavy atom. The number of carbonyl (C=O) groups is 2. The quantitative estimate of drug-likeness (QED) is 0.585. The molecule has 1 N–H and O–H groups in total. The van der Waals surface area contributed by atoms with Crippen LogP contribution in [0.2, 0.25) is 0 Å². The average Bonchev–Trinajstić information content (AvgIpc) is 2.68. The first-order chi connectivity index (χ1) is 12.6. The van der Waals surface area contributed by atoms with Gasteiger partial charge in [0.15, 0.2) is 12.4 Å². The molecule has 0 fully saturated rings. The molecule has 5 heteroatoms. The fourth-order valence-corrected chi connectivity index (χ4v) is 2.56. The number of rotatable bonds is 6. The Bertz CT molecular complexity index is 891. The van der Waals surface area contributed by atoms with E-state index in [-0.39, 0.29) is 18.3 Å². The van der Waals surface area contributed by atoms with Gasteiger partial charge in [0, 0.05) is 21.3 Å². The molecule has 0 aliphatic rings. The molecule has 1 amide bonds. The minimum absolute atomic E-state index is 0.0443. The molecular weight excluding hydrogens is 394 g/mol. The summed E-state index contributed by atoms with van der Waals surface area (Å²) in [7, 11) is 0. The SMILES string of the molecule is O=C(COc1ccc(NC(=O)c2ccccc2)cc1)c1ccc(Br)cc1. The molecule has 130 valence electrons. The minimum Gasteiger partial charge on any atom is -0.485 e. The summed E-state index contributed by atoms with van der Waals surface area (Å²) < 4.78 is 6.44. The second-order valence-corrected chi connectivity index (χ2v) is 6.48. The largest absolute Gasteiger partial charge is 0.485 e. The number of ether oxygens (including phenoxy) is 1. The Labute approximate surface area is 159 Å². The van der Waals surface area contributed by atoms with Crippen molar-refractivity contribution in [3.8, 4) is 5.75 Å². The fourth-order valence-electron chi connectivity index (χ4n) is 2.30. The molecule has 3 aromatic rings. The highest BCUT2D eigenvalue weighted by atomic mass is 79.9. The highest BCUT2D eigenvalue weighted by molar-refractivity contribution is 9.10. The molecule has 0 heterocycles.